The fourth-order valence-corrected chi connectivity index (χ4v) is 5.91. The zero-order valence-electron chi connectivity index (χ0n) is 21.5. The number of benzene rings is 2. The molecule has 5 rings (SSSR count). The number of fused-ring (bicyclic) bond motifs is 3. The number of aromatic hydroxyl groups is 2. The first-order chi connectivity index (χ1) is 18.0. The Morgan fingerprint density at radius 2 is 1.92 bits per heavy atom. The Labute approximate surface area is 231 Å². The van der Waals surface area contributed by atoms with Crippen LogP contribution in [-0.2, 0) is 15.9 Å². The predicted octanol–water partition coefficient (Wildman–Crippen LogP) is 1.43. The van der Waals surface area contributed by atoms with Crippen LogP contribution in [0.15, 0.2) is 18.2 Å². The number of rotatable bonds is 5. The SMILES string of the molecule is COc1cccc2c1C(=N)c1c(O)c3c(c(O)c1C2=O)C[C@@](O)(CCO)C[C@@H]3O[C@@H]1C[C@H](N)[C@@H](O)[C@H](C)O1.Cl. The van der Waals surface area contributed by atoms with Gasteiger partial charge in [0.15, 0.2) is 12.1 Å². The molecule has 0 unspecified atom stereocenters. The third kappa shape index (κ3) is 4.67. The number of nitrogens with one attached hydrogen (secondary N) is 1. The number of nitrogens with two attached hydrogens (primary N) is 1. The highest BCUT2D eigenvalue weighted by molar-refractivity contribution is 6.32. The average molecular weight is 565 g/mol. The van der Waals surface area contributed by atoms with Gasteiger partial charge in [0.25, 0.3) is 0 Å². The summed E-state index contributed by atoms with van der Waals surface area (Å²) < 4.78 is 17.3. The second-order valence-electron chi connectivity index (χ2n) is 10.3. The van der Waals surface area contributed by atoms with Crippen LogP contribution in [0, 0.1) is 5.41 Å². The number of aliphatic hydroxyl groups is 3. The molecule has 1 fully saturated rings. The molecule has 0 aromatic heterocycles. The number of hydrogen-bond acceptors (Lipinski definition) is 11. The van der Waals surface area contributed by atoms with Crippen LogP contribution in [0.5, 0.6) is 17.2 Å². The first kappa shape index (κ1) is 29.2. The quantitative estimate of drug-likeness (QED) is 0.223. The Kier molecular flexibility index (Phi) is 7.99. The molecule has 0 amide bonds. The van der Waals surface area contributed by atoms with Crippen molar-refractivity contribution in [2.75, 3.05) is 13.7 Å². The average Bonchev–Trinajstić information content (AvgIpc) is 2.87. The fourth-order valence-electron chi connectivity index (χ4n) is 5.91. The highest BCUT2D eigenvalue weighted by atomic mass is 35.5. The highest BCUT2D eigenvalue weighted by Gasteiger charge is 2.47. The minimum atomic E-state index is -1.53. The lowest BCUT2D eigenvalue weighted by molar-refractivity contribution is -0.248. The molecule has 212 valence electrons. The number of carbonyl (C=O) groups is 1. The number of phenolic OH excluding ortho intramolecular Hbond substituents is 2. The zero-order valence-corrected chi connectivity index (χ0v) is 22.3. The van der Waals surface area contributed by atoms with E-state index in [-0.39, 0.29) is 89.5 Å². The molecule has 2 aromatic carbocycles. The molecule has 0 spiro atoms. The van der Waals surface area contributed by atoms with E-state index >= 15 is 0 Å². The molecule has 2 aromatic rings. The van der Waals surface area contributed by atoms with E-state index in [2.05, 4.69) is 0 Å². The van der Waals surface area contributed by atoms with E-state index in [4.69, 9.17) is 25.4 Å². The van der Waals surface area contributed by atoms with Gasteiger partial charge in [-0.15, -0.1) is 12.4 Å². The molecule has 2 aliphatic carbocycles. The van der Waals surface area contributed by atoms with Crippen molar-refractivity contribution in [1.29, 1.82) is 5.41 Å². The van der Waals surface area contributed by atoms with E-state index in [0.717, 1.165) is 0 Å². The third-order valence-corrected chi connectivity index (χ3v) is 7.84. The van der Waals surface area contributed by atoms with E-state index in [9.17, 15) is 30.3 Å². The molecular weight excluding hydrogens is 532 g/mol. The smallest absolute Gasteiger partial charge is 0.198 e. The molecular formula is C27H33ClN2O9. The Hall–Kier alpha value is -2.77. The maximum absolute atomic E-state index is 13.6. The van der Waals surface area contributed by atoms with E-state index in [1.54, 1.807) is 19.1 Å². The maximum Gasteiger partial charge on any atom is 0.198 e. The number of ketones is 1. The van der Waals surface area contributed by atoms with Crippen molar-refractivity contribution in [2.24, 2.45) is 5.73 Å². The number of methoxy groups -OCH3 is 1. The van der Waals surface area contributed by atoms with Crippen LogP contribution in [0.2, 0.25) is 0 Å². The number of ether oxygens (including phenoxy) is 3. The van der Waals surface area contributed by atoms with Crippen molar-refractivity contribution in [3.63, 3.8) is 0 Å². The molecule has 0 radical (unpaired) electrons. The van der Waals surface area contributed by atoms with Gasteiger partial charge in [-0.25, -0.2) is 0 Å². The Morgan fingerprint density at radius 3 is 2.56 bits per heavy atom. The van der Waals surface area contributed by atoms with Crippen LogP contribution in [0.3, 0.4) is 0 Å². The molecule has 8 N–H and O–H groups in total. The van der Waals surface area contributed by atoms with Crippen LogP contribution in [-0.4, -0.2) is 80.9 Å². The lowest BCUT2D eigenvalue weighted by atomic mass is 9.72. The predicted molar refractivity (Wildman–Crippen MR) is 141 cm³/mol. The molecule has 1 heterocycles. The van der Waals surface area contributed by atoms with Gasteiger partial charge in [0, 0.05) is 48.6 Å². The van der Waals surface area contributed by atoms with Gasteiger partial charge in [0.05, 0.1) is 53.4 Å². The summed E-state index contributed by atoms with van der Waals surface area (Å²) in [5.74, 6) is -1.22. The first-order valence-electron chi connectivity index (χ1n) is 12.5. The number of hydrogen-bond donors (Lipinski definition) is 7. The topological polar surface area (TPSA) is 196 Å². The molecule has 1 aliphatic heterocycles. The largest absolute Gasteiger partial charge is 0.507 e. The molecule has 11 nitrogen and oxygen atoms in total. The van der Waals surface area contributed by atoms with Crippen LogP contribution in [0.1, 0.15) is 70.5 Å². The van der Waals surface area contributed by atoms with E-state index in [0.29, 0.717) is 0 Å². The summed E-state index contributed by atoms with van der Waals surface area (Å²) in [5, 5.41) is 63.0. The van der Waals surface area contributed by atoms with Crippen molar-refractivity contribution >= 4 is 23.9 Å². The number of carbonyl (C=O) groups excluding carboxylic acids is 1. The molecule has 12 heteroatoms. The van der Waals surface area contributed by atoms with Crippen LogP contribution in [0.4, 0.5) is 0 Å². The zero-order chi connectivity index (χ0) is 27.5. The van der Waals surface area contributed by atoms with E-state index in [1.807, 2.05) is 0 Å². The Bertz CT molecular complexity index is 1310. The van der Waals surface area contributed by atoms with E-state index < -0.39 is 53.5 Å². The summed E-state index contributed by atoms with van der Waals surface area (Å²) in [6.45, 7) is 1.30. The maximum atomic E-state index is 13.6. The lowest BCUT2D eigenvalue weighted by Crippen LogP contribution is -2.52. The summed E-state index contributed by atoms with van der Waals surface area (Å²) in [6, 6.07) is 4.07. The van der Waals surface area contributed by atoms with Crippen molar-refractivity contribution in [3.05, 3.63) is 51.6 Å². The molecule has 1 saturated heterocycles. The normalized spacial score (nSPS) is 29.6. The fraction of sp³-hybridized carbons (Fsp3) is 0.481. The van der Waals surface area contributed by atoms with Crippen molar-refractivity contribution in [2.45, 2.75) is 68.9 Å². The van der Waals surface area contributed by atoms with Gasteiger partial charge in [0.2, 0.25) is 0 Å². The minimum absolute atomic E-state index is 0. The molecule has 39 heavy (non-hydrogen) atoms. The van der Waals surface area contributed by atoms with Crippen molar-refractivity contribution in [3.8, 4) is 17.2 Å². The van der Waals surface area contributed by atoms with Gasteiger partial charge in [0.1, 0.15) is 17.2 Å². The van der Waals surface area contributed by atoms with Crippen LogP contribution >= 0.6 is 12.4 Å². The number of halogens is 1. The summed E-state index contributed by atoms with van der Waals surface area (Å²) >= 11 is 0. The summed E-state index contributed by atoms with van der Waals surface area (Å²) in [7, 11) is 1.41. The Balaban J connectivity index is 0.00000353. The first-order valence-corrected chi connectivity index (χ1v) is 12.5. The second kappa shape index (κ2) is 10.7. The molecule has 0 saturated carbocycles. The van der Waals surface area contributed by atoms with Gasteiger partial charge in [-0.3, -0.25) is 10.2 Å². The molecule has 3 aliphatic rings. The molecule has 6 atom stereocenters. The van der Waals surface area contributed by atoms with Gasteiger partial charge in [-0.05, 0) is 19.4 Å². The standard InChI is InChI=1S/C27H32N2O9.ClH/c1-11-23(31)14(28)8-17(37-11)38-16-10-27(35,6-7-30)9-13-19(16)26(34)20-21(25(13)33)24(32)12-4-3-5-15(36-2)18(12)22(20)29;/h3-5,11,14,16-17,23,29-31,33-35H,6-10,28H2,1-2H3;1H/t11-,14-,16-,17+,23-,27-;/m0./s1. The van der Waals surface area contributed by atoms with Crippen LogP contribution < -0.4 is 10.5 Å². The van der Waals surface area contributed by atoms with Gasteiger partial charge < -0.3 is 45.5 Å². The summed E-state index contributed by atoms with van der Waals surface area (Å²) in [6.07, 6.45) is -3.64. The second-order valence-corrected chi connectivity index (χ2v) is 10.3. The summed E-state index contributed by atoms with van der Waals surface area (Å²) in [4.78, 5) is 13.6. The van der Waals surface area contributed by atoms with E-state index in [1.165, 1.54) is 13.2 Å². The van der Waals surface area contributed by atoms with Crippen molar-refractivity contribution < 1.29 is 44.5 Å². The van der Waals surface area contributed by atoms with Gasteiger partial charge in [-0.1, -0.05) is 12.1 Å². The number of phenols is 2. The Morgan fingerprint density at radius 1 is 1.21 bits per heavy atom. The van der Waals surface area contributed by atoms with Crippen molar-refractivity contribution in [1.82, 2.24) is 0 Å². The monoisotopic (exact) mass is 564 g/mol. The highest BCUT2D eigenvalue weighted by Crippen LogP contribution is 2.52. The minimum Gasteiger partial charge on any atom is -0.507 e. The molecule has 0 bridgehead atoms. The number of aliphatic hydroxyl groups excluding tert-OH is 2. The third-order valence-electron chi connectivity index (χ3n) is 7.84. The van der Waals surface area contributed by atoms with Gasteiger partial charge >= 0.3 is 0 Å². The van der Waals surface area contributed by atoms with Gasteiger partial charge in [-0.2, -0.15) is 0 Å². The van der Waals surface area contributed by atoms with Crippen LogP contribution in [0.25, 0.3) is 0 Å². The lowest BCUT2D eigenvalue weighted by Gasteiger charge is -2.43. The summed E-state index contributed by atoms with van der Waals surface area (Å²) in [5.41, 5.74) is 4.46.